The summed E-state index contributed by atoms with van der Waals surface area (Å²) in [4.78, 5) is 8.74. The number of ether oxygens (including phenoxy) is 1. The molecule has 1 aliphatic carbocycles. The number of fused-ring (bicyclic) bond motifs is 1. The molecule has 1 saturated carbocycles. The summed E-state index contributed by atoms with van der Waals surface area (Å²) >= 11 is 0. The van der Waals surface area contributed by atoms with E-state index in [9.17, 15) is 8.78 Å². The Morgan fingerprint density at radius 3 is 2.65 bits per heavy atom. The van der Waals surface area contributed by atoms with E-state index in [0.29, 0.717) is 22.9 Å². The molecule has 3 aromatic heterocycles. The molecule has 1 aromatic carbocycles. The van der Waals surface area contributed by atoms with Crippen LogP contribution in [0.3, 0.4) is 0 Å². The topological polar surface area (TPSA) is 111 Å². The summed E-state index contributed by atoms with van der Waals surface area (Å²) in [5.74, 6) is -0.581. The molecule has 5 rings (SSSR count). The van der Waals surface area contributed by atoms with E-state index in [1.54, 1.807) is 37.8 Å². The Bertz CT molecular complexity index is 1380. The Labute approximate surface area is 213 Å². The van der Waals surface area contributed by atoms with Crippen molar-refractivity contribution in [3.05, 3.63) is 71.7 Å². The van der Waals surface area contributed by atoms with Gasteiger partial charge in [0.25, 0.3) is 0 Å². The van der Waals surface area contributed by atoms with Crippen molar-refractivity contribution in [3.8, 4) is 11.3 Å². The molecule has 0 saturated heterocycles. The quantitative estimate of drug-likeness (QED) is 0.343. The molecule has 1 aliphatic rings. The minimum atomic E-state index is -0.739. The minimum Gasteiger partial charge on any atom is -0.396 e. The summed E-state index contributed by atoms with van der Waals surface area (Å²) in [5, 5.41) is 16.9. The fourth-order valence-electron chi connectivity index (χ4n) is 5.46. The molecule has 4 unspecified atom stereocenters. The molecule has 0 spiro atoms. The number of aliphatic hydroxyl groups excluding tert-OH is 1. The normalized spacial score (nSPS) is 21.9. The van der Waals surface area contributed by atoms with Crippen LogP contribution in [0.1, 0.15) is 36.8 Å². The number of methoxy groups -OCH3 is 1. The molecule has 0 aliphatic heterocycles. The molecule has 10 heteroatoms. The molecule has 1 fully saturated rings. The van der Waals surface area contributed by atoms with Gasteiger partial charge in [-0.2, -0.15) is 9.61 Å². The molecule has 37 heavy (non-hydrogen) atoms. The Balaban J connectivity index is 1.48. The van der Waals surface area contributed by atoms with Crippen molar-refractivity contribution >= 4 is 17.2 Å². The number of nitrogens with two attached hydrogens (primary N) is 1. The summed E-state index contributed by atoms with van der Waals surface area (Å²) < 4.78 is 36.8. The second-order valence-electron chi connectivity index (χ2n) is 9.64. The van der Waals surface area contributed by atoms with Crippen molar-refractivity contribution in [2.45, 2.75) is 44.2 Å². The van der Waals surface area contributed by atoms with Crippen LogP contribution in [0.4, 0.5) is 20.4 Å². The van der Waals surface area contributed by atoms with E-state index in [0.717, 1.165) is 24.1 Å². The van der Waals surface area contributed by atoms with Gasteiger partial charge in [-0.1, -0.05) is 6.92 Å². The lowest BCUT2D eigenvalue weighted by Crippen LogP contribution is -2.45. The van der Waals surface area contributed by atoms with Gasteiger partial charge in [-0.25, -0.2) is 13.8 Å². The zero-order valence-electron chi connectivity index (χ0n) is 20.7. The number of imidazole rings is 1. The molecule has 3 heterocycles. The number of anilines is 2. The van der Waals surface area contributed by atoms with Crippen LogP contribution in [0.15, 0.2) is 48.9 Å². The SMILES string of the molecule is COC1C(C)CC(c2ccncc2Nc2ncc3ccc(-c4c(F)cc(CCO)cc4F)nn23)CC1N. The second-order valence-corrected chi connectivity index (χ2v) is 9.64. The Kier molecular flexibility index (Phi) is 7.14. The van der Waals surface area contributed by atoms with Crippen molar-refractivity contribution in [2.75, 3.05) is 19.0 Å². The van der Waals surface area contributed by atoms with Gasteiger partial charge in [-0.15, -0.1) is 0 Å². The number of nitrogens with one attached hydrogen (secondary N) is 1. The number of halogens is 2. The number of hydrogen-bond acceptors (Lipinski definition) is 7. The molecule has 4 atom stereocenters. The van der Waals surface area contributed by atoms with Gasteiger partial charge in [0.1, 0.15) is 11.6 Å². The van der Waals surface area contributed by atoms with Crippen molar-refractivity contribution in [1.29, 1.82) is 0 Å². The van der Waals surface area contributed by atoms with Crippen LogP contribution >= 0.6 is 0 Å². The molecule has 4 aromatic rings. The van der Waals surface area contributed by atoms with E-state index >= 15 is 0 Å². The van der Waals surface area contributed by atoms with E-state index in [-0.39, 0.29) is 42.3 Å². The van der Waals surface area contributed by atoms with Crippen LogP contribution in [-0.4, -0.2) is 50.6 Å². The van der Waals surface area contributed by atoms with Crippen LogP contribution in [0, 0.1) is 17.6 Å². The van der Waals surface area contributed by atoms with Crippen molar-refractivity contribution < 1.29 is 18.6 Å². The number of pyridine rings is 1. The molecule has 8 nitrogen and oxygen atoms in total. The first-order valence-electron chi connectivity index (χ1n) is 12.3. The summed E-state index contributed by atoms with van der Waals surface area (Å²) in [6, 6.07) is 7.61. The van der Waals surface area contributed by atoms with E-state index in [2.05, 4.69) is 27.3 Å². The largest absolute Gasteiger partial charge is 0.396 e. The van der Waals surface area contributed by atoms with Crippen molar-refractivity contribution in [2.24, 2.45) is 11.7 Å². The Hall–Kier alpha value is -3.47. The molecule has 4 N–H and O–H groups in total. The third-order valence-electron chi connectivity index (χ3n) is 7.15. The summed E-state index contributed by atoms with van der Waals surface area (Å²) in [5.41, 5.74) is 9.20. The smallest absolute Gasteiger partial charge is 0.229 e. The first kappa shape index (κ1) is 25.2. The number of benzene rings is 1. The fraction of sp³-hybridized carbons (Fsp3) is 0.370. The number of aromatic nitrogens is 4. The predicted octanol–water partition coefficient (Wildman–Crippen LogP) is 4.20. The van der Waals surface area contributed by atoms with Crippen LogP contribution in [0.25, 0.3) is 16.8 Å². The molecule has 0 bridgehead atoms. The number of aliphatic hydroxyl groups is 1. The van der Waals surface area contributed by atoms with Crippen LogP contribution in [0.5, 0.6) is 0 Å². The summed E-state index contributed by atoms with van der Waals surface area (Å²) in [6.07, 6.45) is 7.00. The van der Waals surface area contributed by atoms with Gasteiger partial charge in [0.05, 0.1) is 41.0 Å². The number of hydrogen-bond donors (Lipinski definition) is 3. The average molecular weight is 509 g/mol. The van der Waals surface area contributed by atoms with E-state index in [1.807, 2.05) is 6.07 Å². The first-order valence-corrected chi connectivity index (χ1v) is 12.3. The van der Waals surface area contributed by atoms with Gasteiger partial charge in [0.2, 0.25) is 5.95 Å². The van der Waals surface area contributed by atoms with E-state index < -0.39 is 11.6 Å². The lowest BCUT2D eigenvalue weighted by atomic mass is 9.74. The average Bonchev–Trinajstić information content (AvgIpc) is 3.26. The highest BCUT2D eigenvalue weighted by Crippen LogP contribution is 2.40. The van der Waals surface area contributed by atoms with E-state index in [4.69, 9.17) is 15.6 Å². The third-order valence-corrected chi connectivity index (χ3v) is 7.15. The highest BCUT2D eigenvalue weighted by molar-refractivity contribution is 5.66. The maximum Gasteiger partial charge on any atom is 0.229 e. The standard InChI is InChI=1S/C27H30F2N6O2/c1-15-9-17(12-22(30)26(15)37-2)19-5-7-31-14-24(19)33-27-32-13-18-3-4-23(34-35(18)27)25-20(28)10-16(6-8-36)11-21(25)29/h3-5,7,10-11,13-15,17,22,26,36H,6,8-9,12,30H2,1-2H3,(H,32,33). The Morgan fingerprint density at radius 2 is 1.95 bits per heavy atom. The van der Waals surface area contributed by atoms with Crippen LogP contribution in [-0.2, 0) is 11.2 Å². The monoisotopic (exact) mass is 508 g/mol. The van der Waals surface area contributed by atoms with Gasteiger partial charge in [-0.05, 0) is 72.6 Å². The van der Waals surface area contributed by atoms with Gasteiger partial charge in [0.15, 0.2) is 0 Å². The highest BCUT2D eigenvalue weighted by Gasteiger charge is 2.35. The number of rotatable bonds is 7. The van der Waals surface area contributed by atoms with Crippen molar-refractivity contribution in [3.63, 3.8) is 0 Å². The maximum atomic E-state index is 14.8. The molecule has 0 amide bonds. The summed E-state index contributed by atoms with van der Waals surface area (Å²) in [6.45, 7) is 1.96. The Morgan fingerprint density at radius 1 is 1.16 bits per heavy atom. The molecule has 0 radical (unpaired) electrons. The molecular formula is C27H30F2N6O2. The van der Waals surface area contributed by atoms with E-state index in [1.165, 1.54) is 16.6 Å². The van der Waals surface area contributed by atoms with Gasteiger partial charge in [0, 0.05) is 26.0 Å². The predicted molar refractivity (Wildman–Crippen MR) is 137 cm³/mol. The van der Waals surface area contributed by atoms with Gasteiger partial charge >= 0.3 is 0 Å². The number of nitrogens with zero attached hydrogens (tertiary/aromatic N) is 4. The molecular weight excluding hydrogens is 478 g/mol. The van der Waals surface area contributed by atoms with Crippen LogP contribution in [0.2, 0.25) is 0 Å². The van der Waals surface area contributed by atoms with Gasteiger partial charge in [-0.3, -0.25) is 4.98 Å². The van der Waals surface area contributed by atoms with Crippen LogP contribution < -0.4 is 11.1 Å². The first-order chi connectivity index (χ1) is 17.9. The zero-order valence-corrected chi connectivity index (χ0v) is 20.7. The lowest BCUT2D eigenvalue weighted by molar-refractivity contribution is 0.00984. The maximum absolute atomic E-state index is 14.8. The highest BCUT2D eigenvalue weighted by atomic mass is 19.1. The fourth-order valence-corrected chi connectivity index (χ4v) is 5.46. The molecule has 194 valence electrons. The second kappa shape index (κ2) is 10.5. The lowest BCUT2D eigenvalue weighted by Gasteiger charge is -2.38. The summed E-state index contributed by atoms with van der Waals surface area (Å²) in [7, 11) is 1.70. The zero-order chi connectivity index (χ0) is 26.1. The third kappa shape index (κ3) is 4.92. The minimum absolute atomic E-state index is 0.0202. The van der Waals surface area contributed by atoms with Crippen molar-refractivity contribution in [1.82, 2.24) is 19.6 Å². The van der Waals surface area contributed by atoms with Gasteiger partial charge < -0.3 is 20.9 Å².